The second-order valence-corrected chi connectivity index (χ2v) is 8.59. The number of benzene rings is 1. The van der Waals surface area contributed by atoms with E-state index in [-0.39, 0.29) is 17.6 Å². The van der Waals surface area contributed by atoms with Gasteiger partial charge in [0.25, 0.3) is 0 Å². The van der Waals surface area contributed by atoms with Crippen molar-refractivity contribution in [2.75, 3.05) is 12.4 Å². The lowest BCUT2D eigenvalue weighted by Gasteiger charge is -2.20. The molecule has 0 radical (unpaired) electrons. The van der Waals surface area contributed by atoms with E-state index in [9.17, 15) is 4.79 Å². The maximum absolute atomic E-state index is 12.9. The highest BCUT2D eigenvalue weighted by molar-refractivity contribution is 6.31. The summed E-state index contributed by atoms with van der Waals surface area (Å²) in [6, 6.07) is 5.53. The van der Waals surface area contributed by atoms with Crippen LogP contribution in [0.1, 0.15) is 27.2 Å². The molecule has 8 nitrogen and oxygen atoms in total. The lowest BCUT2D eigenvalue weighted by Crippen LogP contribution is -2.22. The standard InChI is InChI=1S/C24H28ClN5O3/c1-5-29-14-26-22-21(29)23(31)28-24(30(22)13-16-6-8-17(25)9-7-16)27-18-10-11-19(33-15(2)3)20(12-18)32-4/h6,8-12,14-16H,5,7,13H2,1-4H3,(H,27,28,31). The first kappa shape index (κ1) is 22.9. The molecule has 1 atom stereocenters. The number of ether oxygens (including phenoxy) is 2. The van der Waals surface area contributed by atoms with E-state index in [0.717, 1.165) is 17.1 Å². The minimum absolute atomic E-state index is 0.0201. The molecule has 1 N–H and O–H groups in total. The maximum Gasteiger partial charge on any atom is 0.300 e. The van der Waals surface area contributed by atoms with Crippen molar-refractivity contribution in [3.05, 3.63) is 58.1 Å². The van der Waals surface area contributed by atoms with Gasteiger partial charge in [-0.1, -0.05) is 23.8 Å². The van der Waals surface area contributed by atoms with Crippen LogP contribution >= 0.6 is 11.6 Å². The number of nitrogens with one attached hydrogen (secondary N) is 1. The smallest absolute Gasteiger partial charge is 0.300 e. The first-order valence-electron chi connectivity index (χ1n) is 11.0. The number of aryl methyl sites for hydroxylation is 1. The van der Waals surface area contributed by atoms with Gasteiger partial charge in [-0.3, -0.25) is 9.36 Å². The molecule has 174 valence electrons. The molecule has 2 aromatic heterocycles. The number of aromatic nitrogens is 4. The summed E-state index contributed by atoms with van der Waals surface area (Å²) in [6.45, 7) is 7.12. The number of anilines is 2. The van der Waals surface area contributed by atoms with Crippen molar-refractivity contribution in [3.63, 3.8) is 0 Å². The van der Waals surface area contributed by atoms with E-state index in [2.05, 4.69) is 21.4 Å². The molecule has 1 aromatic carbocycles. The van der Waals surface area contributed by atoms with Crippen LogP contribution in [0.4, 0.5) is 11.6 Å². The van der Waals surface area contributed by atoms with Crippen molar-refractivity contribution in [2.45, 2.75) is 46.4 Å². The monoisotopic (exact) mass is 469 g/mol. The van der Waals surface area contributed by atoms with Crippen LogP contribution in [-0.4, -0.2) is 32.3 Å². The number of rotatable bonds is 8. The maximum atomic E-state index is 12.9. The number of halogens is 1. The molecule has 0 saturated heterocycles. The Kier molecular flexibility index (Phi) is 6.74. The van der Waals surface area contributed by atoms with Crippen LogP contribution in [0.15, 0.2) is 52.6 Å². The predicted molar refractivity (Wildman–Crippen MR) is 131 cm³/mol. The molecular weight excluding hydrogens is 442 g/mol. The van der Waals surface area contributed by atoms with Crippen molar-refractivity contribution in [3.8, 4) is 11.5 Å². The van der Waals surface area contributed by atoms with Crippen LogP contribution in [-0.2, 0) is 13.1 Å². The van der Waals surface area contributed by atoms with Gasteiger partial charge in [-0.25, -0.2) is 4.98 Å². The number of imidazole rings is 1. The molecule has 33 heavy (non-hydrogen) atoms. The van der Waals surface area contributed by atoms with Crippen molar-refractivity contribution in [2.24, 2.45) is 5.92 Å². The van der Waals surface area contributed by atoms with Crippen molar-refractivity contribution >= 4 is 34.4 Å². The molecule has 1 aliphatic rings. The van der Waals surface area contributed by atoms with E-state index in [1.165, 1.54) is 0 Å². The molecule has 1 unspecified atom stereocenters. The van der Waals surface area contributed by atoms with Crippen molar-refractivity contribution < 1.29 is 9.47 Å². The minimum atomic E-state index is -0.322. The Morgan fingerprint density at radius 2 is 2.12 bits per heavy atom. The molecule has 0 fully saturated rings. The van der Waals surface area contributed by atoms with E-state index >= 15 is 0 Å². The highest BCUT2D eigenvalue weighted by Gasteiger charge is 2.19. The Hall–Kier alpha value is -3.26. The van der Waals surface area contributed by atoms with Crippen LogP contribution in [0, 0.1) is 5.92 Å². The van der Waals surface area contributed by atoms with Gasteiger partial charge in [-0.15, -0.1) is 0 Å². The summed E-state index contributed by atoms with van der Waals surface area (Å²) in [4.78, 5) is 21.8. The fourth-order valence-corrected chi connectivity index (χ4v) is 4.00. The van der Waals surface area contributed by atoms with Gasteiger partial charge in [0, 0.05) is 29.9 Å². The molecular formula is C24H28ClN5O3. The van der Waals surface area contributed by atoms with Crippen molar-refractivity contribution in [1.82, 2.24) is 19.1 Å². The predicted octanol–water partition coefficient (Wildman–Crippen LogP) is 4.85. The number of hydrogen-bond acceptors (Lipinski definition) is 6. The number of hydrogen-bond donors (Lipinski definition) is 1. The number of allylic oxidation sites excluding steroid dienone is 4. The summed E-state index contributed by atoms with van der Waals surface area (Å²) in [5, 5.41) is 4.02. The number of nitrogens with zero attached hydrogens (tertiary/aromatic N) is 4. The fourth-order valence-electron chi connectivity index (χ4n) is 3.84. The third-order valence-corrected chi connectivity index (χ3v) is 5.70. The summed E-state index contributed by atoms with van der Waals surface area (Å²) in [5.41, 5.74) is 1.49. The zero-order valence-corrected chi connectivity index (χ0v) is 20.0. The lowest BCUT2D eigenvalue weighted by molar-refractivity contribution is 0.230. The average Bonchev–Trinajstić information content (AvgIpc) is 3.23. The Morgan fingerprint density at radius 3 is 2.79 bits per heavy atom. The summed E-state index contributed by atoms with van der Waals surface area (Å²) in [5.74, 6) is 1.86. The quantitative estimate of drug-likeness (QED) is 0.507. The summed E-state index contributed by atoms with van der Waals surface area (Å²) >= 11 is 6.10. The van der Waals surface area contributed by atoms with E-state index in [1.54, 1.807) is 13.4 Å². The number of fused-ring (bicyclic) bond motifs is 1. The lowest BCUT2D eigenvalue weighted by atomic mass is 10.0. The summed E-state index contributed by atoms with van der Waals surface area (Å²) < 4.78 is 15.1. The molecule has 0 bridgehead atoms. The van der Waals surface area contributed by atoms with Crippen LogP contribution in [0.5, 0.6) is 11.5 Å². The molecule has 9 heteroatoms. The largest absolute Gasteiger partial charge is 0.493 e. The first-order valence-corrected chi connectivity index (χ1v) is 11.4. The van der Waals surface area contributed by atoms with Gasteiger partial charge in [0.15, 0.2) is 22.7 Å². The molecule has 0 saturated carbocycles. The second-order valence-electron chi connectivity index (χ2n) is 8.16. The minimum Gasteiger partial charge on any atom is -0.493 e. The SMILES string of the molecule is CCn1cnc2c1c(=O)nc(Nc1ccc(OC(C)C)c(OC)c1)n2CC1C=CC(Cl)=CC1. The highest BCUT2D eigenvalue weighted by atomic mass is 35.5. The third kappa shape index (κ3) is 4.90. The Morgan fingerprint density at radius 1 is 1.30 bits per heavy atom. The summed E-state index contributed by atoms with van der Waals surface area (Å²) in [6.07, 6.45) is 8.48. The molecule has 0 aliphatic heterocycles. The topological polar surface area (TPSA) is 83.2 Å². The van der Waals surface area contributed by atoms with Gasteiger partial charge in [-0.05, 0) is 51.3 Å². The molecule has 1 aliphatic carbocycles. The summed E-state index contributed by atoms with van der Waals surface area (Å²) in [7, 11) is 1.60. The van der Waals surface area contributed by atoms with Crippen molar-refractivity contribution in [1.29, 1.82) is 0 Å². The molecule has 2 heterocycles. The van der Waals surface area contributed by atoms with Crippen LogP contribution in [0.2, 0.25) is 0 Å². The van der Waals surface area contributed by atoms with Gasteiger partial charge in [-0.2, -0.15) is 4.98 Å². The van der Waals surface area contributed by atoms with Crippen LogP contribution in [0.25, 0.3) is 11.2 Å². The fraction of sp³-hybridized carbons (Fsp3) is 0.375. The highest BCUT2D eigenvalue weighted by Crippen LogP contribution is 2.32. The van der Waals surface area contributed by atoms with Gasteiger partial charge in [0.05, 0.1) is 19.5 Å². The zero-order chi connectivity index (χ0) is 23.5. The third-order valence-electron chi connectivity index (χ3n) is 5.42. The average molecular weight is 470 g/mol. The molecule has 0 spiro atoms. The molecule has 3 aromatic rings. The van der Waals surface area contributed by atoms with E-state index in [1.807, 2.05) is 60.3 Å². The second kappa shape index (κ2) is 9.70. The Balaban J connectivity index is 1.75. The zero-order valence-electron chi connectivity index (χ0n) is 19.2. The number of methoxy groups -OCH3 is 1. The van der Waals surface area contributed by atoms with Gasteiger partial charge in [0.1, 0.15) is 0 Å². The van der Waals surface area contributed by atoms with E-state index in [0.29, 0.717) is 41.7 Å². The van der Waals surface area contributed by atoms with Crippen LogP contribution in [0.3, 0.4) is 0 Å². The van der Waals surface area contributed by atoms with Gasteiger partial charge < -0.3 is 19.4 Å². The van der Waals surface area contributed by atoms with Gasteiger partial charge in [0.2, 0.25) is 5.95 Å². The normalized spacial score (nSPS) is 15.7. The van der Waals surface area contributed by atoms with E-state index < -0.39 is 0 Å². The molecule has 0 amide bonds. The Labute approximate surface area is 197 Å². The molecule has 4 rings (SSSR count). The Bertz CT molecular complexity index is 1280. The first-order chi connectivity index (χ1) is 15.9. The van der Waals surface area contributed by atoms with E-state index in [4.69, 9.17) is 21.1 Å². The van der Waals surface area contributed by atoms with Crippen LogP contribution < -0.4 is 20.3 Å². The van der Waals surface area contributed by atoms with Gasteiger partial charge >= 0.3 is 5.56 Å².